The van der Waals surface area contributed by atoms with Crippen molar-refractivity contribution in [2.24, 2.45) is 0 Å². The van der Waals surface area contributed by atoms with Crippen LogP contribution < -0.4 is 0 Å². The summed E-state index contributed by atoms with van der Waals surface area (Å²) in [5.41, 5.74) is 1.30. The van der Waals surface area contributed by atoms with Crippen LogP contribution in [0.25, 0.3) is 0 Å². The highest BCUT2D eigenvalue weighted by Gasteiger charge is 2.51. The van der Waals surface area contributed by atoms with Crippen LogP contribution in [-0.2, 0) is 0 Å². The van der Waals surface area contributed by atoms with E-state index in [1.165, 1.54) is 5.56 Å². The van der Waals surface area contributed by atoms with E-state index < -0.39 is 0 Å². The molecule has 64 valence electrons. The summed E-state index contributed by atoms with van der Waals surface area (Å²) in [6.45, 7) is 2.27. The Morgan fingerprint density at radius 1 is 1.58 bits per heavy atom. The van der Waals surface area contributed by atoms with Crippen LogP contribution in [0.2, 0.25) is 0 Å². The first kappa shape index (κ1) is 8.38. The quantitative estimate of drug-likeness (QED) is 0.681. The van der Waals surface area contributed by atoms with Crippen LogP contribution in [0.4, 0.5) is 0 Å². The molecule has 2 nitrogen and oxygen atoms in total. The molecular weight excluding hydrogens is 188 g/mol. The molecule has 4 heteroatoms. The van der Waals surface area contributed by atoms with Crippen molar-refractivity contribution in [3.05, 3.63) is 24.0 Å². The Bertz CT molecular complexity index is 278. The number of aromatic nitrogens is 2. The van der Waals surface area contributed by atoms with Crippen molar-refractivity contribution in [2.75, 3.05) is 6.26 Å². The van der Waals surface area contributed by atoms with E-state index in [2.05, 4.69) is 23.4 Å². The van der Waals surface area contributed by atoms with Crippen molar-refractivity contribution in [1.82, 2.24) is 10.2 Å². The molecule has 1 aliphatic rings. The van der Waals surface area contributed by atoms with Crippen molar-refractivity contribution in [1.29, 1.82) is 0 Å². The second-order valence-corrected chi connectivity index (χ2v) is 5.96. The summed E-state index contributed by atoms with van der Waals surface area (Å²) in [7, 11) is 0. The minimum atomic E-state index is 0.378. The van der Waals surface area contributed by atoms with E-state index in [1.807, 2.05) is 35.8 Å². The SMILES string of the molecule is CSC1(C)SC1c1ccnnc1. The zero-order valence-corrected chi connectivity index (χ0v) is 8.65. The lowest BCUT2D eigenvalue weighted by Gasteiger charge is -2.02. The number of hydrogen-bond donors (Lipinski definition) is 0. The first-order valence-electron chi connectivity index (χ1n) is 3.76. The summed E-state index contributed by atoms with van der Waals surface area (Å²) in [6.07, 6.45) is 5.77. The fourth-order valence-electron chi connectivity index (χ4n) is 1.18. The first-order chi connectivity index (χ1) is 5.76. The van der Waals surface area contributed by atoms with E-state index in [0.29, 0.717) is 9.33 Å². The van der Waals surface area contributed by atoms with Gasteiger partial charge in [-0.25, -0.2) is 0 Å². The monoisotopic (exact) mass is 198 g/mol. The highest BCUT2D eigenvalue weighted by atomic mass is 32.2. The van der Waals surface area contributed by atoms with Crippen molar-refractivity contribution in [3.63, 3.8) is 0 Å². The molecule has 0 aliphatic carbocycles. The average molecular weight is 198 g/mol. The molecule has 2 atom stereocenters. The predicted molar refractivity (Wildman–Crippen MR) is 54.3 cm³/mol. The average Bonchev–Trinajstić information content (AvgIpc) is 2.81. The van der Waals surface area contributed by atoms with E-state index >= 15 is 0 Å². The summed E-state index contributed by atoms with van der Waals surface area (Å²) in [4.78, 5) is 0. The number of rotatable bonds is 2. The number of nitrogens with zero attached hydrogens (tertiary/aromatic N) is 2. The van der Waals surface area contributed by atoms with Gasteiger partial charge in [-0.2, -0.15) is 10.2 Å². The Kier molecular flexibility index (Phi) is 2.04. The normalized spacial score (nSPS) is 33.3. The van der Waals surface area contributed by atoms with Gasteiger partial charge >= 0.3 is 0 Å². The molecule has 0 amide bonds. The second kappa shape index (κ2) is 2.92. The molecule has 0 radical (unpaired) electrons. The molecule has 0 N–H and O–H groups in total. The van der Waals surface area contributed by atoms with Gasteiger partial charge in [-0.05, 0) is 24.8 Å². The third kappa shape index (κ3) is 1.33. The highest BCUT2D eigenvalue weighted by molar-refractivity contribution is 8.24. The standard InChI is InChI=1S/C8H10N2S2/c1-8(11-2)7(12-8)6-3-4-9-10-5-6/h3-5,7H,1-2H3. The van der Waals surface area contributed by atoms with Crippen molar-refractivity contribution in [3.8, 4) is 0 Å². The topological polar surface area (TPSA) is 25.8 Å². The summed E-state index contributed by atoms with van der Waals surface area (Å²) in [6, 6.07) is 2.05. The molecule has 1 aromatic heterocycles. The third-order valence-electron chi connectivity index (χ3n) is 2.09. The molecule has 2 heterocycles. The van der Waals surface area contributed by atoms with Gasteiger partial charge in [0.15, 0.2) is 0 Å². The van der Waals surface area contributed by atoms with Gasteiger partial charge in [-0.15, -0.1) is 23.5 Å². The smallest absolute Gasteiger partial charge is 0.0747 e. The molecule has 1 fully saturated rings. The zero-order chi connectivity index (χ0) is 8.60. The Labute approximate surface area is 80.5 Å². The molecule has 1 aliphatic heterocycles. The number of thioether (sulfide) groups is 2. The first-order valence-corrected chi connectivity index (χ1v) is 5.86. The molecule has 0 spiro atoms. The zero-order valence-electron chi connectivity index (χ0n) is 7.02. The van der Waals surface area contributed by atoms with Gasteiger partial charge < -0.3 is 0 Å². The second-order valence-electron chi connectivity index (χ2n) is 2.89. The summed E-state index contributed by atoms with van der Waals surface area (Å²) in [5, 5.41) is 8.25. The van der Waals surface area contributed by atoms with Gasteiger partial charge in [0.05, 0.1) is 15.5 Å². The van der Waals surface area contributed by atoms with E-state index in [9.17, 15) is 0 Å². The Hall–Kier alpha value is -0.220. The molecule has 2 unspecified atom stereocenters. The molecular formula is C8H10N2S2. The van der Waals surface area contributed by atoms with Gasteiger partial charge in [0.25, 0.3) is 0 Å². The maximum absolute atomic E-state index is 3.87. The molecule has 2 rings (SSSR count). The van der Waals surface area contributed by atoms with Gasteiger partial charge in [-0.3, -0.25) is 0 Å². The van der Waals surface area contributed by atoms with E-state index in [1.54, 1.807) is 6.20 Å². The minimum absolute atomic E-state index is 0.378. The lowest BCUT2D eigenvalue weighted by molar-refractivity contribution is 0.932. The van der Waals surface area contributed by atoms with Crippen molar-refractivity contribution in [2.45, 2.75) is 16.3 Å². The molecule has 12 heavy (non-hydrogen) atoms. The van der Waals surface area contributed by atoms with Crippen molar-refractivity contribution < 1.29 is 0 Å². The minimum Gasteiger partial charge on any atom is -0.159 e. The summed E-state index contributed by atoms with van der Waals surface area (Å²) < 4.78 is 0.378. The largest absolute Gasteiger partial charge is 0.159 e. The van der Waals surface area contributed by atoms with Gasteiger partial charge in [-0.1, -0.05) is 0 Å². The Balaban J connectivity index is 2.16. The van der Waals surface area contributed by atoms with Crippen LogP contribution in [0.15, 0.2) is 18.5 Å². The van der Waals surface area contributed by atoms with Gasteiger partial charge in [0.2, 0.25) is 0 Å². The molecule has 0 bridgehead atoms. The van der Waals surface area contributed by atoms with Gasteiger partial charge in [0.1, 0.15) is 0 Å². The van der Waals surface area contributed by atoms with Crippen molar-refractivity contribution >= 4 is 23.5 Å². The number of hydrogen-bond acceptors (Lipinski definition) is 4. The van der Waals surface area contributed by atoms with E-state index in [4.69, 9.17) is 0 Å². The van der Waals surface area contributed by atoms with Gasteiger partial charge in [0, 0.05) is 6.20 Å². The highest BCUT2D eigenvalue weighted by Crippen LogP contribution is 2.69. The van der Waals surface area contributed by atoms with Crippen LogP contribution in [0, 0.1) is 0 Å². The van der Waals surface area contributed by atoms with Crippen LogP contribution in [0.3, 0.4) is 0 Å². The molecule has 0 saturated carbocycles. The lowest BCUT2D eigenvalue weighted by Crippen LogP contribution is -1.97. The Morgan fingerprint density at radius 2 is 2.42 bits per heavy atom. The molecule has 1 aromatic rings. The lowest BCUT2D eigenvalue weighted by atomic mass is 10.2. The summed E-state index contributed by atoms with van der Waals surface area (Å²) >= 11 is 3.90. The maximum Gasteiger partial charge on any atom is 0.0747 e. The summed E-state index contributed by atoms with van der Waals surface area (Å²) in [5.74, 6) is 0. The van der Waals surface area contributed by atoms with Crippen LogP contribution in [0.5, 0.6) is 0 Å². The predicted octanol–water partition coefficient (Wildman–Crippen LogP) is 2.34. The fraction of sp³-hybridized carbons (Fsp3) is 0.500. The molecule has 0 aromatic carbocycles. The van der Waals surface area contributed by atoms with Crippen LogP contribution in [0.1, 0.15) is 17.7 Å². The van der Waals surface area contributed by atoms with Crippen LogP contribution >= 0.6 is 23.5 Å². The van der Waals surface area contributed by atoms with E-state index in [0.717, 1.165) is 0 Å². The maximum atomic E-state index is 3.87. The Morgan fingerprint density at radius 3 is 2.92 bits per heavy atom. The van der Waals surface area contributed by atoms with Crippen LogP contribution in [-0.4, -0.2) is 20.5 Å². The fourth-order valence-corrected chi connectivity index (χ4v) is 3.31. The third-order valence-corrected chi connectivity index (χ3v) is 5.50. The van der Waals surface area contributed by atoms with E-state index in [-0.39, 0.29) is 0 Å². The molecule has 1 saturated heterocycles.